The molecule has 0 radical (unpaired) electrons. The van der Waals surface area contributed by atoms with Crippen LogP contribution in [0.1, 0.15) is 110 Å². The largest absolute Gasteiger partial charge is 0.393 e. The Morgan fingerprint density at radius 3 is 1.77 bits per heavy atom. The van der Waals surface area contributed by atoms with Gasteiger partial charge in [0, 0.05) is 6.61 Å². The minimum atomic E-state index is -0.0904. The Labute approximate surface area is 139 Å². The van der Waals surface area contributed by atoms with E-state index in [-0.39, 0.29) is 6.10 Å². The number of ether oxygens (including phenoxy) is 1. The third kappa shape index (κ3) is 11.5. The van der Waals surface area contributed by atoms with Gasteiger partial charge in [0.05, 0.1) is 12.2 Å². The predicted octanol–water partition coefficient (Wildman–Crippen LogP) is 6.01. The number of aliphatic hydroxyl groups is 1. The molecular formula is C20H40O2. The monoisotopic (exact) mass is 312 g/mol. The number of unbranched alkanes of at least 4 members (excludes halogenated alkanes) is 11. The molecule has 0 bridgehead atoms. The molecule has 22 heavy (non-hydrogen) atoms. The molecule has 1 fully saturated rings. The van der Waals surface area contributed by atoms with Crippen molar-refractivity contribution in [3.05, 3.63) is 0 Å². The fourth-order valence-corrected chi connectivity index (χ4v) is 3.26. The topological polar surface area (TPSA) is 29.5 Å². The summed E-state index contributed by atoms with van der Waals surface area (Å²) in [6.07, 6.45) is 21.1. The second kappa shape index (κ2) is 14.5. The summed E-state index contributed by atoms with van der Waals surface area (Å²) in [6.45, 7) is 3.21. The molecule has 132 valence electrons. The van der Waals surface area contributed by atoms with E-state index in [0.29, 0.717) is 6.10 Å². The number of hydrogen-bond acceptors (Lipinski definition) is 2. The van der Waals surface area contributed by atoms with Crippen LogP contribution in [0.3, 0.4) is 0 Å². The molecule has 1 heterocycles. The second-order valence-electron chi connectivity index (χ2n) is 7.19. The lowest BCUT2D eigenvalue weighted by molar-refractivity contribution is -0.0605. The number of rotatable bonds is 16. The van der Waals surface area contributed by atoms with Gasteiger partial charge in [-0.15, -0.1) is 0 Å². The molecule has 2 nitrogen and oxygen atoms in total. The van der Waals surface area contributed by atoms with Gasteiger partial charge in [0.25, 0.3) is 0 Å². The van der Waals surface area contributed by atoms with E-state index >= 15 is 0 Å². The van der Waals surface area contributed by atoms with Crippen LogP contribution >= 0.6 is 0 Å². The van der Waals surface area contributed by atoms with Crippen LogP contribution in [-0.2, 0) is 4.74 Å². The maximum absolute atomic E-state index is 9.92. The lowest BCUT2D eigenvalue weighted by Crippen LogP contribution is -2.27. The first kappa shape index (κ1) is 20.0. The van der Waals surface area contributed by atoms with Gasteiger partial charge in [-0.25, -0.2) is 0 Å². The van der Waals surface area contributed by atoms with Crippen LogP contribution in [-0.4, -0.2) is 23.9 Å². The normalized spacial score (nSPS) is 19.1. The first-order chi connectivity index (χ1) is 10.8. The fraction of sp³-hybridized carbons (Fsp3) is 1.00. The van der Waals surface area contributed by atoms with Gasteiger partial charge in [-0.3, -0.25) is 0 Å². The summed E-state index contributed by atoms with van der Waals surface area (Å²) in [5, 5.41) is 9.92. The molecule has 2 heteroatoms. The van der Waals surface area contributed by atoms with Gasteiger partial charge in [0.15, 0.2) is 0 Å². The highest BCUT2D eigenvalue weighted by atomic mass is 16.5. The molecule has 1 aliphatic heterocycles. The van der Waals surface area contributed by atoms with Crippen LogP contribution in [0.25, 0.3) is 0 Å². The Morgan fingerprint density at radius 1 is 0.818 bits per heavy atom. The van der Waals surface area contributed by atoms with E-state index in [1.165, 1.54) is 83.5 Å². The molecule has 0 aromatic carbocycles. The Kier molecular flexibility index (Phi) is 13.2. The molecule has 0 spiro atoms. The lowest BCUT2D eigenvalue weighted by Gasteiger charge is -2.27. The van der Waals surface area contributed by atoms with Crippen LogP contribution in [0.4, 0.5) is 0 Å². The van der Waals surface area contributed by atoms with Gasteiger partial charge < -0.3 is 9.84 Å². The predicted molar refractivity (Wildman–Crippen MR) is 95.3 cm³/mol. The Morgan fingerprint density at radius 2 is 1.32 bits per heavy atom. The first-order valence-electron chi connectivity index (χ1n) is 10.1. The van der Waals surface area contributed by atoms with E-state index in [2.05, 4.69) is 6.92 Å². The van der Waals surface area contributed by atoms with Crippen LogP contribution < -0.4 is 0 Å². The molecule has 2 unspecified atom stereocenters. The molecule has 1 N–H and O–H groups in total. The van der Waals surface area contributed by atoms with Crippen LogP contribution in [0.2, 0.25) is 0 Å². The summed E-state index contributed by atoms with van der Waals surface area (Å²) in [5.41, 5.74) is 0. The van der Waals surface area contributed by atoms with Crippen molar-refractivity contribution in [2.45, 2.75) is 122 Å². The van der Waals surface area contributed by atoms with Crippen LogP contribution in [0, 0.1) is 0 Å². The highest BCUT2D eigenvalue weighted by Gasteiger charge is 2.18. The standard InChI is InChI=1S/C20H40O2/c1-2-3-4-5-6-7-8-9-10-11-12-13-14-19(21)15-16-20-17-18-22-20/h19-21H,2-18H2,1H3. The molecule has 1 aliphatic rings. The van der Waals surface area contributed by atoms with Crippen molar-refractivity contribution in [3.63, 3.8) is 0 Å². The first-order valence-corrected chi connectivity index (χ1v) is 10.1. The lowest BCUT2D eigenvalue weighted by atomic mass is 10.0. The van der Waals surface area contributed by atoms with Crippen molar-refractivity contribution in [2.24, 2.45) is 0 Å². The molecular weight excluding hydrogens is 272 g/mol. The molecule has 2 atom stereocenters. The Balaban J connectivity index is 1.70. The van der Waals surface area contributed by atoms with Gasteiger partial charge in [-0.1, -0.05) is 84.0 Å². The van der Waals surface area contributed by atoms with E-state index in [1.807, 2.05) is 0 Å². The third-order valence-corrected chi connectivity index (χ3v) is 5.01. The van der Waals surface area contributed by atoms with Crippen molar-refractivity contribution in [1.29, 1.82) is 0 Å². The summed E-state index contributed by atoms with van der Waals surface area (Å²) in [4.78, 5) is 0. The fourth-order valence-electron chi connectivity index (χ4n) is 3.26. The highest BCUT2D eigenvalue weighted by molar-refractivity contribution is 4.68. The molecule has 0 aromatic rings. The average Bonchev–Trinajstić information content (AvgIpc) is 2.47. The maximum Gasteiger partial charge on any atom is 0.0598 e. The summed E-state index contributed by atoms with van der Waals surface area (Å²) >= 11 is 0. The van der Waals surface area contributed by atoms with E-state index < -0.39 is 0 Å². The van der Waals surface area contributed by atoms with Crippen molar-refractivity contribution in [1.82, 2.24) is 0 Å². The van der Waals surface area contributed by atoms with Crippen molar-refractivity contribution in [2.75, 3.05) is 6.61 Å². The Bertz CT molecular complexity index is 226. The van der Waals surface area contributed by atoms with Crippen molar-refractivity contribution in [3.8, 4) is 0 Å². The van der Waals surface area contributed by atoms with E-state index in [9.17, 15) is 5.11 Å². The van der Waals surface area contributed by atoms with Gasteiger partial charge in [0.2, 0.25) is 0 Å². The molecule has 0 aliphatic carbocycles. The van der Waals surface area contributed by atoms with Crippen LogP contribution in [0.5, 0.6) is 0 Å². The minimum Gasteiger partial charge on any atom is -0.393 e. The Hall–Kier alpha value is -0.0800. The quantitative estimate of drug-likeness (QED) is 0.354. The zero-order chi connectivity index (χ0) is 15.9. The highest BCUT2D eigenvalue weighted by Crippen LogP contribution is 2.19. The van der Waals surface area contributed by atoms with Gasteiger partial charge >= 0.3 is 0 Å². The smallest absolute Gasteiger partial charge is 0.0598 e. The molecule has 0 saturated carbocycles. The van der Waals surface area contributed by atoms with E-state index in [1.54, 1.807) is 0 Å². The van der Waals surface area contributed by atoms with Crippen LogP contribution in [0.15, 0.2) is 0 Å². The summed E-state index contributed by atoms with van der Waals surface area (Å²) < 4.78 is 5.39. The molecule has 0 aromatic heterocycles. The zero-order valence-corrected chi connectivity index (χ0v) is 15.0. The molecule has 0 amide bonds. The second-order valence-corrected chi connectivity index (χ2v) is 7.19. The van der Waals surface area contributed by atoms with Crippen molar-refractivity contribution < 1.29 is 9.84 Å². The van der Waals surface area contributed by atoms with Gasteiger partial charge in [-0.2, -0.15) is 0 Å². The van der Waals surface area contributed by atoms with Gasteiger partial charge in [-0.05, 0) is 25.7 Å². The summed E-state index contributed by atoms with van der Waals surface area (Å²) in [5.74, 6) is 0. The molecule has 1 rings (SSSR count). The minimum absolute atomic E-state index is 0.0904. The summed E-state index contributed by atoms with van der Waals surface area (Å²) in [6, 6.07) is 0. The van der Waals surface area contributed by atoms with Gasteiger partial charge in [0.1, 0.15) is 0 Å². The van der Waals surface area contributed by atoms with E-state index in [4.69, 9.17) is 4.74 Å². The maximum atomic E-state index is 9.92. The SMILES string of the molecule is CCCCCCCCCCCCCCC(O)CCC1CCO1. The molecule has 1 saturated heterocycles. The number of aliphatic hydroxyl groups excluding tert-OH is 1. The zero-order valence-electron chi connectivity index (χ0n) is 15.0. The number of hydrogen-bond donors (Lipinski definition) is 1. The summed E-state index contributed by atoms with van der Waals surface area (Å²) in [7, 11) is 0. The third-order valence-electron chi connectivity index (χ3n) is 5.01. The van der Waals surface area contributed by atoms with Crippen molar-refractivity contribution >= 4 is 0 Å². The average molecular weight is 313 g/mol. The van der Waals surface area contributed by atoms with E-state index in [0.717, 1.165) is 25.9 Å².